The van der Waals surface area contributed by atoms with E-state index < -0.39 is 24.0 Å². The van der Waals surface area contributed by atoms with Crippen molar-refractivity contribution in [2.75, 3.05) is 13.6 Å². The molecule has 0 aliphatic rings. The van der Waals surface area contributed by atoms with E-state index in [2.05, 4.69) is 20.9 Å². The van der Waals surface area contributed by atoms with E-state index >= 15 is 0 Å². The summed E-state index contributed by atoms with van der Waals surface area (Å²) in [7, 11) is 1.32. The van der Waals surface area contributed by atoms with E-state index in [1.54, 1.807) is 6.92 Å². The molecule has 92 valence electrons. The lowest BCUT2D eigenvalue weighted by molar-refractivity contribution is -0.137. The maximum Gasteiger partial charge on any atom is 0.323 e. The smallest absolute Gasteiger partial charge is 0.323 e. The SMILES string of the molecule is Cc1[nH]c(=O)c(C(=O)N(C)CC(=O)O)cc1Br. The molecular formula is C10H11BrN2O4. The van der Waals surface area contributed by atoms with E-state index in [0.717, 1.165) is 4.90 Å². The molecule has 6 nitrogen and oxygen atoms in total. The number of hydrogen-bond donors (Lipinski definition) is 2. The predicted octanol–water partition coefficient (Wildman–Crippen LogP) is 0.602. The summed E-state index contributed by atoms with van der Waals surface area (Å²) >= 11 is 3.19. The molecule has 1 heterocycles. The predicted molar refractivity (Wildman–Crippen MR) is 64.1 cm³/mol. The number of aromatic amines is 1. The second kappa shape index (κ2) is 5.13. The number of carbonyl (C=O) groups is 2. The van der Waals surface area contributed by atoms with Crippen molar-refractivity contribution >= 4 is 27.8 Å². The highest BCUT2D eigenvalue weighted by atomic mass is 79.9. The molecule has 0 aromatic carbocycles. The summed E-state index contributed by atoms with van der Waals surface area (Å²) in [5.41, 5.74) is -0.0217. The number of nitrogens with one attached hydrogen (secondary N) is 1. The van der Waals surface area contributed by atoms with Gasteiger partial charge in [0.25, 0.3) is 11.5 Å². The van der Waals surface area contributed by atoms with Crippen LogP contribution in [0, 0.1) is 6.92 Å². The van der Waals surface area contributed by atoms with Crippen LogP contribution >= 0.6 is 15.9 Å². The maximum atomic E-state index is 11.8. The van der Waals surface area contributed by atoms with Crippen LogP contribution in [-0.2, 0) is 4.79 Å². The zero-order chi connectivity index (χ0) is 13.2. The summed E-state index contributed by atoms with van der Waals surface area (Å²) in [6.07, 6.45) is 0. The van der Waals surface area contributed by atoms with Crippen molar-refractivity contribution in [3.05, 3.63) is 32.2 Å². The van der Waals surface area contributed by atoms with Crippen molar-refractivity contribution in [1.29, 1.82) is 0 Å². The van der Waals surface area contributed by atoms with Gasteiger partial charge in [-0.05, 0) is 28.9 Å². The third kappa shape index (κ3) is 3.16. The topological polar surface area (TPSA) is 90.5 Å². The molecule has 1 rings (SSSR count). The zero-order valence-corrected chi connectivity index (χ0v) is 10.9. The molecule has 17 heavy (non-hydrogen) atoms. The van der Waals surface area contributed by atoms with Gasteiger partial charge in [0.15, 0.2) is 0 Å². The average molecular weight is 303 g/mol. The molecule has 2 N–H and O–H groups in total. The van der Waals surface area contributed by atoms with E-state index in [-0.39, 0.29) is 5.56 Å². The number of carboxylic acids is 1. The minimum Gasteiger partial charge on any atom is -0.480 e. The van der Waals surface area contributed by atoms with Crippen LogP contribution in [0.2, 0.25) is 0 Å². The van der Waals surface area contributed by atoms with Crippen molar-refractivity contribution < 1.29 is 14.7 Å². The molecule has 0 radical (unpaired) electrons. The van der Waals surface area contributed by atoms with Crippen molar-refractivity contribution in [3.63, 3.8) is 0 Å². The number of hydrogen-bond acceptors (Lipinski definition) is 3. The van der Waals surface area contributed by atoms with Gasteiger partial charge in [0.05, 0.1) is 0 Å². The van der Waals surface area contributed by atoms with Crippen LogP contribution in [0.5, 0.6) is 0 Å². The first kappa shape index (κ1) is 13.4. The minimum atomic E-state index is -1.14. The number of H-pyrrole nitrogens is 1. The second-order valence-corrected chi connectivity index (χ2v) is 4.39. The quantitative estimate of drug-likeness (QED) is 0.855. The molecule has 0 bridgehead atoms. The van der Waals surface area contributed by atoms with Crippen molar-refractivity contribution in [2.24, 2.45) is 0 Å². The Bertz CT molecular complexity index is 524. The highest BCUT2D eigenvalue weighted by Gasteiger charge is 2.18. The molecular weight excluding hydrogens is 292 g/mol. The Kier molecular flexibility index (Phi) is 4.06. The standard InChI is InChI=1S/C10H11BrN2O4/c1-5-7(11)3-6(9(16)12-5)10(17)13(2)4-8(14)15/h3H,4H2,1-2H3,(H,12,16)(H,14,15). The third-order valence-electron chi connectivity index (χ3n) is 2.12. The molecule has 1 aromatic rings. The first-order valence-electron chi connectivity index (χ1n) is 4.69. The van der Waals surface area contributed by atoms with Gasteiger partial charge in [-0.1, -0.05) is 0 Å². The highest BCUT2D eigenvalue weighted by molar-refractivity contribution is 9.10. The van der Waals surface area contributed by atoms with E-state index in [4.69, 9.17) is 5.11 Å². The van der Waals surface area contributed by atoms with Crippen LogP contribution in [0.4, 0.5) is 0 Å². The number of amides is 1. The number of nitrogens with zero attached hydrogens (tertiary/aromatic N) is 1. The Morgan fingerprint density at radius 2 is 2.12 bits per heavy atom. The minimum absolute atomic E-state index is 0.0915. The molecule has 0 atom stereocenters. The summed E-state index contributed by atoms with van der Waals surface area (Å²) < 4.78 is 0.587. The van der Waals surface area contributed by atoms with Gasteiger partial charge in [0.1, 0.15) is 12.1 Å². The van der Waals surface area contributed by atoms with Gasteiger partial charge in [-0.3, -0.25) is 14.4 Å². The molecule has 0 aliphatic carbocycles. The fourth-order valence-electron chi connectivity index (χ4n) is 1.24. The van der Waals surface area contributed by atoms with Crippen molar-refractivity contribution in [1.82, 2.24) is 9.88 Å². The van der Waals surface area contributed by atoms with Crippen LogP contribution in [0.25, 0.3) is 0 Å². The fraction of sp³-hybridized carbons (Fsp3) is 0.300. The van der Waals surface area contributed by atoms with Gasteiger partial charge in [-0.2, -0.15) is 0 Å². The van der Waals surface area contributed by atoms with Gasteiger partial charge in [-0.15, -0.1) is 0 Å². The van der Waals surface area contributed by atoms with Crippen molar-refractivity contribution in [3.8, 4) is 0 Å². The molecule has 1 aromatic heterocycles. The van der Waals surface area contributed by atoms with Gasteiger partial charge >= 0.3 is 5.97 Å². The molecule has 0 saturated carbocycles. The van der Waals surface area contributed by atoms with Crippen LogP contribution in [-0.4, -0.2) is 40.5 Å². The number of carbonyl (C=O) groups excluding carboxylic acids is 1. The van der Waals surface area contributed by atoms with Gasteiger partial charge in [0, 0.05) is 17.2 Å². The number of aliphatic carboxylic acids is 1. The number of aromatic nitrogens is 1. The summed E-state index contributed by atoms with van der Waals surface area (Å²) in [5.74, 6) is -1.77. The lowest BCUT2D eigenvalue weighted by Gasteiger charge is -2.14. The Labute approximate surface area is 105 Å². The van der Waals surface area contributed by atoms with Crippen molar-refractivity contribution in [2.45, 2.75) is 6.92 Å². The number of carboxylic acid groups (broad SMARTS) is 1. The summed E-state index contributed by atoms with van der Waals surface area (Å²) in [4.78, 5) is 37.3. The number of rotatable bonds is 3. The highest BCUT2D eigenvalue weighted by Crippen LogP contribution is 2.13. The number of halogens is 1. The van der Waals surface area contributed by atoms with Crippen LogP contribution in [0.15, 0.2) is 15.3 Å². The largest absolute Gasteiger partial charge is 0.480 e. The Hall–Kier alpha value is -1.63. The average Bonchev–Trinajstić information content (AvgIpc) is 2.21. The molecule has 0 unspecified atom stereocenters. The van der Waals surface area contributed by atoms with E-state index in [1.807, 2.05) is 0 Å². The number of likely N-dealkylation sites (N-methyl/N-ethyl adjacent to an activating group) is 1. The van der Waals surface area contributed by atoms with Gasteiger partial charge < -0.3 is 15.0 Å². The summed E-state index contributed by atoms with van der Waals surface area (Å²) in [6.45, 7) is 1.23. The summed E-state index contributed by atoms with van der Waals surface area (Å²) in [5, 5.41) is 8.56. The van der Waals surface area contributed by atoms with Gasteiger partial charge in [0.2, 0.25) is 0 Å². The normalized spacial score (nSPS) is 10.1. The number of aryl methyl sites for hydroxylation is 1. The Morgan fingerprint density at radius 3 is 2.65 bits per heavy atom. The molecule has 1 amide bonds. The first-order chi connectivity index (χ1) is 7.82. The number of pyridine rings is 1. The molecule has 0 aliphatic heterocycles. The van der Waals surface area contributed by atoms with E-state index in [1.165, 1.54) is 13.1 Å². The lowest BCUT2D eigenvalue weighted by Crippen LogP contribution is -2.35. The first-order valence-corrected chi connectivity index (χ1v) is 5.49. The molecule has 0 saturated heterocycles. The van der Waals surface area contributed by atoms with Crippen LogP contribution in [0.1, 0.15) is 16.1 Å². The zero-order valence-electron chi connectivity index (χ0n) is 9.28. The Balaban J connectivity index is 3.09. The van der Waals surface area contributed by atoms with Crippen LogP contribution in [0.3, 0.4) is 0 Å². The monoisotopic (exact) mass is 302 g/mol. The molecule has 0 spiro atoms. The van der Waals surface area contributed by atoms with Gasteiger partial charge in [-0.25, -0.2) is 0 Å². The molecule has 7 heteroatoms. The second-order valence-electron chi connectivity index (χ2n) is 3.54. The third-order valence-corrected chi connectivity index (χ3v) is 2.95. The lowest BCUT2D eigenvalue weighted by atomic mass is 10.2. The summed E-state index contributed by atoms with van der Waals surface area (Å²) in [6, 6.07) is 1.38. The van der Waals surface area contributed by atoms with E-state index in [0.29, 0.717) is 10.2 Å². The maximum absolute atomic E-state index is 11.8. The van der Waals surface area contributed by atoms with Crippen LogP contribution < -0.4 is 5.56 Å². The fourth-order valence-corrected chi connectivity index (χ4v) is 1.57. The molecule has 0 fully saturated rings. The van der Waals surface area contributed by atoms with E-state index in [9.17, 15) is 14.4 Å². The Morgan fingerprint density at radius 1 is 1.53 bits per heavy atom.